The van der Waals surface area contributed by atoms with E-state index < -0.39 is 18.1 Å². The summed E-state index contributed by atoms with van der Waals surface area (Å²) >= 11 is 0. The fourth-order valence-corrected chi connectivity index (χ4v) is 1.97. The molecule has 1 saturated heterocycles. The van der Waals surface area contributed by atoms with Crippen molar-refractivity contribution in [2.24, 2.45) is 11.7 Å². The predicted octanol–water partition coefficient (Wildman–Crippen LogP) is -0.509. The monoisotopic (exact) mass is 216 g/mol. The lowest BCUT2D eigenvalue weighted by molar-refractivity contribution is -0.139. The summed E-state index contributed by atoms with van der Waals surface area (Å²) in [5.74, 6) is -0.839. The Balaban J connectivity index is 2.33. The van der Waals surface area contributed by atoms with E-state index in [1.165, 1.54) is 0 Å². The molecule has 0 aromatic rings. The first-order valence-corrected chi connectivity index (χ1v) is 5.35. The second kappa shape index (κ2) is 5.44. The van der Waals surface area contributed by atoms with Gasteiger partial charge < -0.3 is 20.8 Å². The Kier molecular flexibility index (Phi) is 4.50. The Morgan fingerprint density at radius 1 is 1.53 bits per heavy atom. The molecule has 0 spiro atoms. The molecule has 1 heterocycles. The standard InChI is InChI=1S/C10H20N2O3/c1-12-4-2-7(3-5-12)9(13)6-8(11)10(14)15/h7-9,13H,2-6,11H2,1H3,(H,14,15). The van der Waals surface area contributed by atoms with Crippen molar-refractivity contribution >= 4 is 5.97 Å². The molecule has 0 aliphatic carbocycles. The molecular weight excluding hydrogens is 196 g/mol. The van der Waals surface area contributed by atoms with Crippen molar-refractivity contribution in [1.29, 1.82) is 0 Å². The second-order valence-corrected chi connectivity index (χ2v) is 4.39. The normalized spacial score (nSPS) is 23.7. The number of aliphatic hydroxyl groups excluding tert-OH is 1. The summed E-state index contributed by atoms with van der Waals surface area (Å²) in [5.41, 5.74) is 5.38. The van der Waals surface area contributed by atoms with Crippen molar-refractivity contribution in [3.63, 3.8) is 0 Å². The van der Waals surface area contributed by atoms with Gasteiger partial charge in [-0.15, -0.1) is 0 Å². The van der Waals surface area contributed by atoms with Crippen molar-refractivity contribution in [3.05, 3.63) is 0 Å². The van der Waals surface area contributed by atoms with Gasteiger partial charge in [0.2, 0.25) is 0 Å². The fourth-order valence-electron chi connectivity index (χ4n) is 1.97. The van der Waals surface area contributed by atoms with Gasteiger partial charge in [0, 0.05) is 0 Å². The average molecular weight is 216 g/mol. The van der Waals surface area contributed by atoms with Crippen LogP contribution in [0.15, 0.2) is 0 Å². The number of hydrogen-bond donors (Lipinski definition) is 3. The summed E-state index contributed by atoms with van der Waals surface area (Å²) in [6.07, 6.45) is 1.42. The highest BCUT2D eigenvalue weighted by molar-refractivity contribution is 5.73. The number of likely N-dealkylation sites (tertiary alicyclic amines) is 1. The SMILES string of the molecule is CN1CCC(C(O)CC(N)C(=O)O)CC1. The number of piperidine rings is 1. The number of aliphatic hydroxyl groups is 1. The van der Waals surface area contributed by atoms with Gasteiger partial charge in [0.05, 0.1) is 6.10 Å². The van der Waals surface area contributed by atoms with Crippen molar-refractivity contribution < 1.29 is 15.0 Å². The Hall–Kier alpha value is -0.650. The Morgan fingerprint density at radius 3 is 2.53 bits per heavy atom. The van der Waals surface area contributed by atoms with E-state index in [-0.39, 0.29) is 12.3 Å². The first kappa shape index (κ1) is 12.4. The molecule has 1 aliphatic rings. The fraction of sp³-hybridized carbons (Fsp3) is 0.900. The summed E-state index contributed by atoms with van der Waals surface area (Å²) < 4.78 is 0. The van der Waals surface area contributed by atoms with E-state index in [4.69, 9.17) is 10.8 Å². The highest BCUT2D eigenvalue weighted by Crippen LogP contribution is 2.22. The summed E-state index contributed by atoms with van der Waals surface area (Å²) in [7, 11) is 2.05. The van der Waals surface area contributed by atoms with E-state index in [0.717, 1.165) is 25.9 Å². The molecule has 0 aromatic carbocycles. The van der Waals surface area contributed by atoms with Crippen molar-refractivity contribution in [1.82, 2.24) is 4.90 Å². The van der Waals surface area contributed by atoms with Gasteiger partial charge in [0.25, 0.3) is 0 Å². The molecular formula is C10H20N2O3. The number of aliphatic carboxylic acids is 1. The van der Waals surface area contributed by atoms with Crippen LogP contribution in [0.3, 0.4) is 0 Å². The zero-order valence-electron chi connectivity index (χ0n) is 9.09. The molecule has 15 heavy (non-hydrogen) atoms. The van der Waals surface area contributed by atoms with E-state index in [1.54, 1.807) is 0 Å². The van der Waals surface area contributed by atoms with Crippen LogP contribution in [0, 0.1) is 5.92 Å². The highest BCUT2D eigenvalue weighted by Gasteiger charge is 2.26. The molecule has 1 aliphatic heterocycles. The van der Waals surface area contributed by atoms with E-state index in [1.807, 2.05) is 7.05 Å². The van der Waals surface area contributed by atoms with Gasteiger partial charge in [0.1, 0.15) is 6.04 Å². The third-order valence-electron chi connectivity index (χ3n) is 3.12. The molecule has 2 atom stereocenters. The molecule has 0 saturated carbocycles. The first-order chi connectivity index (χ1) is 7.00. The Bertz CT molecular complexity index is 215. The summed E-state index contributed by atoms with van der Waals surface area (Å²) in [4.78, 5) is 12.7. The summed E-state index contributed by atoms with van der Waals surface area (Å²) in [5, 5.41) is 18.4. The Labute approximate surface area is 89.9 Å². The number of nitrogens with two attached hydrogens (primary N) is 1. The van der Waals surface area contributed by atoms with Gasteiger partial charge in [-0.25, -0.2) is 0 Å². The number of rotatable bonds is 4. The number of carboxylic acid groups (broad SMARTS) is 1. The topological polar surface area (TPSA) is 86.8 Å². The first-order valence-electron chi connectivity index (χ1n) is 5.35. The highest BCUT2D eigenvalue weighted by atomic mass is 16.4. The zero-order chi connectivity index (χ0) is 11.4. The third-order valence-corrected chi connectivity index (χ3v) is 3.12. The van der Waals surface area contributed by atoms with Crippen molar-refractivity contribution in [2.75, 3.05) is 20.1 Å². The number of hydrogen-bond acceptors (Lipinski definition) is 4. The maximum atomic E-state index is 10.5. The molecule has 0 aromatic heterocycles. The lowest BCUT2D eigenvalue weighted by atomic mass is 9.88. The van der Waals surface area contributed by atoms with Gasteiger partial charge >= 0.3 is 5.97 Å². The molecule has 5 nitrogen and oxygen atoms in total. The van der Waals surface area contributed by atoms with Crippen LogP contribution in [0.2, 0.25) is 0 Å². The van der Waals surface area contributed by atoms with Gasteiger partial charge in [0.15, 0.2) is 0 Å². The average Bonchev–Trinajstić information content (AvgIpc) is 2.18. The quantitative estimate of drug-likeness (QED) is 0.589. The smallest absolute Gasteiger partial charge is 0.320 e. The van der Waals surface area contributed by atoms with Crippen LogP contribution in [-0.2, 0) is 4.79 Å². The van der Waals surface area contributed by atoms with Crippen LogP contribution in [-0.4, -0.2) is 53.4 Å². The Morgan fingerprint density at radius 2 is 2.07 bits per heavy atom. The molecule has 0 amide bonds. The van der Waals surface area contributed by atoms with E-state index in [2.05, 4.69) is 4.90 Å². The largest absolute Gasteiger partial charge is 0.480 e. The minimum Gasteiger partial charge on any atom is -0.480 e. The van der Waals surface area contributed by atoms with E-state index >= 15 is 0 Å². The number of carbonyl (C=O) groups is 1. The van der Waals surface area contributed by atoms with Crippen LogP contribution in [0.5, 0.6) is 0 Å². The minimum absolute atomic E-state index is 0.156. The van der Waals surface area contributed by atoms with E-state index in [9.17, 15) is 9.90 Å². The molecule has 0 bridgehead atoms. The molecule has 2 unspecified atom stereocenters. The van der Waals surface area contributed by atoms with Crippen LogP contribution in [0.4, 0.5) is 0 Å². The second-order valence-electron chi connectivity index (χ2n) is 4.39. The molecule has 88 valence electrons. The lowest BCUT2D eigenvalue weighted by Gasteiger charge is -2.32. The molecule has 1 rings (SSSR count). The minimum atomic E-state index is -1.04. The van der Waals surface area contributed by atoms with Crippen molar-refractivity contribution in [3.8, 4) is 0 Å². The molecule has 0 radical (unpaired) electrons. The lowest BCUT2D eigenvalue weighted by Crippen LogP contribution is -2.40. The van der Waals surface area contributed by atoms with E-state index in [0.29, 0.717) is 0 Å². The van der Waals surface area contributed by atoms with Crippen LogP contribution in [0.25, 0.3) is 0 Å². The van der Waals surface area contributed by atoms with Crippen molar-refractivity contribution in [2.45, 2.75) is 31.4 Å². The van der Waals surface area contributed by atoms with Crippen LogP contribution in [0.1, 0.15) is 19.3 Å². The summed E-state index contributed by atoms with van der Waals surface area (Å²) in [6, 6.07) is -0.945. The van der Waals surface area contributed by atoms with Gasteiger partial charge in [-0.05, 0) is 45.3 Å². The van der Waals surface area contributed by atoms with Gasteiger partial charge in [-0.3, -0.25) is 4.79 Å². The van der Waals surface area contributed by atoms with Gasteiger partial charge in [-0.1, -0.05) is 0 Å². The van der Waals surface area contributed by atoms with Gasteiger partial charge in [-0.2, -0.15) is 0 Å². The maximum absolute atomic E-state index is 10.5. The molecule has 5 heteroatoms. The van der Waals surface area contributed by atoms with Crippen LogP contribution >= 0.6 is 0 Å². The number of nitrogens with zero attached hydrogens (tertiary/aromatic N) is 1. The number of carboxylic acids is 1. The predicted molar refractivity (Wildman–Crippen MR) is 56.5 cm³/mol. The molecule has 1 fully saturated rings. The third kappa shape index (κ3) is 3.77. The maximum Gasteiger partial charge on any atom is 0.320 e. The van der Waals surface area contributed by atoms with Crippen LogP contribution < -0.4 is 5.73 Å². The summed E-state index contributed by atoms with van der Waals surface area (Å²) in [6.45, 7) is 1.92. The zero-order valence-corrected chi connectivity index (χ0v) is 9.09. The molecule has 4 N–H and O–H groups in total.